The number of anilines is 1. The van der Waals surface area contributed by atoms with Crippen molar-refractivity contribution in [1.29, 1.82) is 0 Å². The standard InChI is InChI=1S/C13H20FN3OS/c1-4-19-8-6-9(2)17-13(18)10-5-7-16-12(15-3)11(10)14/h5,7,9H,4,6,8H2,1-3H3,(H,15,16)(H,17,18). The number of hydrogen-bond donors (Lipinski definition) is 2. The Balaban J connectivity index is 2.63. The number of carbonyl (C=O) groups excluding carboxylic acids is 1. The number of halogens is 1. The zero-order valence-corrected chi connectivity index (χ0v) is 12.3. The predicted molar refractivity (Wildman–Crippen MR) is 78.3 cm³/mol. The zero-order valence-electron chi connectivity index (χ0n) is 11.5. The molecule has 1 heterocycles. The van der Waals surface area contributed by atoms with Gasteiger partial charge in [0.2, 0.25) is 0 Å². The van der Waals surface area contributed by atoms with Gasteiger partial charge < -0.3 is 10.6 Å². The molecule has 6 heteroatoms. The van der Waals surface area contributed by atoms with Crippen molar-refractivity contribution in [1.82, 2.24) is 10.3 Å². The fraction of sp³-hybridized carbons (Fsp3) is 0.538. The molecule has 1 rings (SSSR count). The van der Waals surface area contributed by atoms with Crippen LogP contribution in [0.25, 0.3) is 0 Å². The van der Waals surface area contributed by atoms with E-state index in [2.05, 4.69) is 22.5 Å². The van der Waals surface area contributed by atoms with Crippen molar-refractivity contribution < 1.29 is 9.18 Å². The molecule has 0 bridgehead atoms. The molecule has 0 saturated heterocycles. The Bertz CT molecular complexity index is 428. The molecule has 1 atom stereocenters. The van der Waals surface area contributed by atoms with E-state index in [1.807, 2.05) is 18.7 Å². The fourth-order valence-corrected chi connectivity index (χ4v) is 2.38. The summed E-state index contributed by atoms with van der Waals surface area (Å²) in [5, 5.41) is 5.42. The van der Waals surface area contributed by atoms with Crippen LogP contribution in [0.2, 0.25) is 0 Å². The molecule has 4 nitrogen and oxygen atoms in total. The van der Waals surface area contributed by atoms with Crippen LogP contribution in [0.3, 0.4) is 0 Å². The number of amides is 1. The second-order valence-electron chi connectivity index (χ2n) is 4.13. The van der Waals surface area contributed by atoms with E-state index in [0.29, 0.717) is 0 Å². The lowest BCUT2D eigenvalue weighted by atomic mass is 10.2. The van der Waals surface area contributed by atoms with Gasteiger partial charge in [0.15, 0.2) is 11.6 Å². The fourth-order valence-electron chi connectivity index (χ4n) is 1.57. The first-order valence-corrected chi connectivity index (χ1v) is 7.46. The highest BCUT2D eigenvalue weighted by Gasteiger charge is 2.16. The van der Waals surface area contributed by atoms with E-state index in [4.69, 9.17) is 0 Å². The van der Waals surface area contributed by atoms with Gasteiger partial charge in [0, 0.05) is 19.3 Å². The van der Waals surface area contributed by atoms with Gasteiger partial charge in [-0.3, -0.25) is 4.79 Å². The van der Waals surface area contributed by atoms with E-state index in [-0.39, 0.29) is 17.4 Å². The largest absolute Gasteiger partial charge is 0.371 e. The summed E-state index contributed by atoms with van der Waals surface area (Å²) in [4.78, 5) is 15.8. The molecule has 2 N–H and O–H groups in total. The van der Waals surface area contributed by atoms with Gasteiger partial charge in [0.25, 0.3) is 5.91 Å². The normalized spacial score (nSPS) is 12.0. The number of nitrogens with one attached hydrogen (secondary N) is 2. The lowest BCUT2D eigenvalue weighted by molar-refractivity contribution is 0.0935. The van der Waals surface area contributed by atoms with Gasteiger partial charge in [0.1, 0.15) is 0 Å². The highest BCUT2D eigenvalue weighted by atomic mass is 32.2. The maximum atomic E-state index is 13.9. The minimum atomic E-state index is -0.613. The van der Waals surface area contributed by atoms with Crippen molar-refractivity contribution >= 4 is 23.5 Å². The van der Waals surface area contributed by atoms with Gasteiger partial charge in [-0.25, -0.2) is 9.37 Å². The Morgan fingerprint density at radius 3 is 2.95 bits per heavy atom. The summed E-state index contributed by atoms with van der Waals surface area (Å²) in [5.41, 5.74) is 0.0225. The van der Waals surface area contributed by atoms with Crippen LogP contribution >= 0.6 is 11.8 Å². The summed E-state index contributed by atoms with van der Waals surface area (Å²) < 4.78 is 13.9. The average Bonchev–Trinajstić information content (AvgIpc) is 2.39. The van der Waals surface area contributed by atoms with Crippen molar-refractivity contribution in [3.8, 4) is 0 Å². The van der Waals surface area contributed by atoms with Crippen LogP contribution in [-0.4, -0.2) is 35.5 Å². The van der Waals surface area contributed by atoms with Crippen LogP contribution in [0.1, 0.15) is 30.6 Å². The smallest absolute Gasteiger partial charge is 0.254 e. The summed E-state index contributed by atoms with van der Waals surface area (Å²) in [7, 11) is 1.57. The highest BCUT2D eigenvalue weighted by Crippen LogP contribution is 2.14. The minimum absolute atomic E-state index is 0.0225. The van der Waals surface area contributed by atoms with Crippen LogP contribution in [-0.2, 0) is 0 Å². The molecule has 0 saturated carbocycles. The third-order valence-electron chi connectivity index (χ3n) is 2.65. The molecular weight excluding hydrogens is 265 g/mol. The Morgan fingerprint density at radius 2 is 2.32 bits per heavy atom. The van der Waals surface area contributed by atoms with Gasteiger partial charge in [-0.15, -0.1) is 0 Å². The van der Waals surface area contributed by atoms with Gasteiger partial charge in [0.05, 0.1) is 5.56 Å². The first-order chi connectivity index (χ1) is 9.10. The first-order valence-electron chi connectivity index (χ1n) is 6.31. The van der Waals surface area contributed by atoms with E-state index in [0.717, 1.165) is 17.9 Å². The molecule has 106 valence electrons. The lowest BCUT2D eigenvalue weighted by Gasteiger charge is -2.14. The highest BCUT2D eigenvalue weighted by molar-refractivity contribution is 7.99. The van der Waals surface area contributed by atoms with E-state index < -0.39 is 11.7 Å². The molecule has 0 aromatic carbocycles. The summed E-state index contributed by atoms with van der Waals surface area (Å²) in [6, 6.07) is 1.41. The Morgan fingerprint density at radius 1 is 1.58 bits per heavy atom. The Kier molecular flexibility index (Phi) is 6.62. The number of carbonyl (C=O) groups is 1. The second-order valence-corrected chi connectivity index (χ2v) is 5.53. The molecule has 0 spiro atoms. The van der Waals surface area contributed by atoms with Crippen LogP contribution < -0.4 is 10.6 Å². The van der Waals surface area contributed by atoms with Crippen molar-refractivity contribution in [2.24, 2.45) is 0 Å². The van der Waals surface area contributed by atoms with Gasteiger partial charge >= 0.3 is 0 Å². The van der Waals surface area contributed by atoms with Crippen LogP contribution in [0.5, 0.6) is 0 Å². The summed E-state index contributed by atoms with van der Waals surface area (Å²) >= 11 is 1.82. The van der Waals surface area contributed by atoms with Gasteiger partial charge in [-0.2, -0.15) is 11.8 Å². The van der Waals surface area contributed by atoms with E-state index in [9.17, 15) is 9.18 Å². The third kappa shape index (κ3) is 4.70. The minimum Gasteiger partial charge on any atom is -0.371 e. The molecule has 1 aromatic heterocycles. The summed E-state index contributed by atoms with van der Waals surface area (Å²) in [6.45, 7) is 4.02. The summed E-state index contributed by atoms with van der Waals surface area (Å²) in [6.07, 6.45) is 2.29. The van der Waals surface area contributed by atoms with Crippen molar-refractivity contribution in [2.45, 2.75) is 26.3 Å². The molecule has 1 aromatic rings. The van der Waals surface area contributed by atoms with Crippen molar-refractivity contribution in [3.63, 3.8) is 0 Å². The molecule has 1 unspecified atom stereocenters. The van der Waals surface area contributed by atoms with Gasteiger partial charge in [-0.1, -0.05) is 6.92 Å². The third-order valence-corrected chi connectivity index (χ3v) is 3.58. The zero-order chi connectivity index (χ0) is 14.3. The maximum absolute atomic E-state index is 13.9. The number of hydrogen-bond acceptors (Lipinski definition) is 4. The SMILES string of the molecule is CCSCCC(C)NC(=O)c1ccnc(NC)c1F. The molecular formula is C13H20FN3OS. The van der Waals surface area contributed by atoms with Crippen molar-refractivity contribution in [2.75, 3.05) is 23.9 Å². The Labute approximate surface area is 117 Å². The second kappa shape index (κ2) is 7.99. The summed E-state index contributed by atoms with van der Waals surface area (Å²) in [5.74, 6) is 1.12. The first kappa shape index (κ1) is 15.8. The number of rotatable bonds is 7. The van der Waals surface area contributed by atoms with Crippen LogP contribution in [0.4, 0.5) is 10.2 Å². The van der Waals surface area contributed by atoms with E-state index in [1.54, 1.807) is 7.05 Å². The number of nitrogens with zero attached hydrogens (tertiary/aromatic N) is 1. The molecule has 0 aliphatic carbocycles. The van der Waals surface area contributed by atoms with E-state index >= 15 is 0 Å². The number of aromatic nitrogens is 1. The van der Waals surface area contributed by atoms with Crippen molar-refractivity contribution in [3.05, 3.63) is 23.6 Å². The van der Waals surface area contributed by atoms with E-state index in [1.165, 1.54) is 12.3 Å². The number of thioether (sulfide) groups is 1. The Hall–Kier alpha value is -1.30. The quantitative estimate of drug-likeness (QED) is 0.756. The topological polar surface area (TPSA) is 54.0 Å². The molecule has 0 aliphatic heterocycles. The predicted octanol–water partition coefficient (Wildman–Crippen LogP) is 2.52. The lowest BCUT2D eigenvalue weighted by Crippen LogP contribution is -2.33. The molecule has 1 amide bonds. The van der Waals surface area contributed by atoms with Crippen LogP contribution in [0.15, 0.2) is 12.3 Å². The monoisotopic (exact) mass is 285 g/mol. The molecule has 0 aliphatic rings. The molecule has 19 heavy (non-hydrogen) atoms. The molecule has 0 fully saturated rings. The molecule has 0 radical (unpaired) electrons. The maximum Gasteiger partial charge on any atom is 0.254 e. The van der Waals surface area contributed by atoms with Crippen LogP contribution in [0, 0.1) is 5.82 Å². The number of pyridine rings is 1. The van der Waals surface area contributed by atoms with Gasteiger partial charge in [-0.05, 0) is 30.9 Å². The average molecular weight is 285 g/mol.